The van der Waals surface area contributed by atoms with Gasteiger partial charge in [-0.25, -0.2) is 12.8 Å². The van der Waals surface area contributed by atoms with E-state index in [1.807, 2.05) is 0 Å². The van der Waals surface area contributed by atoms with Crippen molar-refractivity contribution in [3.05, 3.63) is 47.1 Å². The number of anilines is 1. The lowest BCUT2D eigenvalue weighted by atomic mass is 10.2. The molecule has 4 nitrogen and oxygen atoms in total. The Hall–Kier alpha value is -1.88. The Bertz CT molecular complexity index is 759. The lowest BCUT2D eigenvalue weighted by Crippen LogP contribution is -2.12. The number of nitrogens with one attached hydrogen (secondary N) is 1. The van der Waals surface area contributed by atoms with E-state index >= 15 is 0 Å². The Morgan fingerprint density at radius 3 is 2.75 bits per heavy atom. The van der Waals surface area contributed by atoms with Crippen molar-refractivity contribution in [1.29, 1.82) is 0 Å². The van der Waals surface area contributed by atoms with Crippen LogP contribution in [0.25, 0.3) is 0 Å². The molecule has 20 heavy (non-hydrogen) atoms. The summed E-state index contributed by atoms with van der Waals surface area (Å²) < 4.78 is 40.1. The van der Waals surface area contributed by atoms with E-state index in [1.54, 1.807) is 11.4 Å². The normalized spacial score (nSPS) is 10.7. The summed E-state index contributed by atoms with van der Waals surface area (Å²) in [6.45, 7) is 0.175. The minimum Gasteiger partial charge on any atom is -0.320 e. The molecule has 1 heterocycles. The van der Waals surface area contributed by atoms with Gasteiger partial charge in [0.15, 0.2) is 0 Å². The lowest BCUT2D eigenvalue weighted by Gasteiger charge is -2.07. The predicted octanol–water partition coefficient (Wildman–Crippen LogP) is 2.00. The fraction of sp³-hybridized carbons (Fsp3) is 0.0769. The van der Waals surface area contributed by atoms with Gasteiger partial charge >= 0.3 is 0 Å². The Morgan fingerprint density at radius 1 is 1.35 bits per heavy atom. The van der Waals surface area contributed by atoms with E-state index < -0.39 is 15.8 Å². The highest BCUT2D eigenvalue weighted by Gasteiger charge is 2.17. The van der Waals surface area contributed by atoms with Crippen LogP contribution < -0.4 is 10.5 Å². The third-order valence-corrected chi connectivity index (χ3v) is 5.07. The van der Waals surface area contributed by atoms with E-state index in [1.165, 1.54) is 18.2 Å². The molecule has 0 spiro atoms. The molecule has 0 atom stereocenters. The van der Waals surface area contributed by atoms with Gasteiger partial charge < -0.3 is 5.73 Å². The minimum absolute atomic E-state index is 0.114. The third kappa shape index (κ3) is 3.36. The van der Waals surface area contributed by atoms with Gasteiger partial charge in [-0.15, -0.1) is 11.3 Å². The van der Waals surface area contributed by atoms with Crippen molar-refractivity contribution in [2.45, 2.75) is 4.21 Å². The van der Waals surface area contributed by atoms with Gasteiger partial charge in [-0.3, -0.25) is 4.72 Å². The van der Waals surface area contributed by atoms with Crippen molar-refractivity contribution in [2.24, 2.45) is 5.73 Å². The van der Waals surface area contributed by atoms with Gasteiger partial charge in [0.1, 0.15) is 10.0 Å². The van der Waals surface area contributed by atoms with Gasteiger partial charge in [0, 0.05) is 5.56 Å². The zero-order chi connectivity index (χ0) is 14.6. The molecule has 0 fully saturated rings. The minimum atomic E-state index is -3.75. The number of thiophene rings is 1. The zero-order valence-corrected chi connectivity index (χ0v) is 11.9. The van der Waals surface area contributed by atoms with Gasteiger partial charge in [-0.2, -0.15) is 0 Å². The molecule has 0 aliphatic rings. The predicted molar refractivity (Wildman–Crippen MR) is 77.5 cm³/mol. The molecule has 2 rings (SSSR count). The van der Waals surface area contributed by atoms with E-state index in [4.69, 9.17) is 5.73 Å². The van der Waals surface area contributed by atoms with Gasteiger partial charge in [-0.05, 0) is 29.6 Å². The summed E-state index contributed by atoms with van der Waals surface area (Å²) in [6.07, 6.45) is 0. The van der Waals surface area contributed by atoms with Crippen LogP contribution in [0.3, 0.4) is 0 Å². The Morgan fingerprint density at radius 2 is 2.15 bits per heavy atom. The molecule has 0 amide bonds. The first-order chi connectivity index (χ1) is 9.53. The molecular formula is C13H11FN2O2S2. The largest absolute Gasteiger partial charge is 0.320 e. The average Bonchev–Trinajstić information content (AvgIpc) is 2.94. The lowest BCUT2D eigenvalue weighted by molar-refractivity contribution is 0.600. The molecule has 7 heteroatoms. The smallest absolute Gasteiger partial charge is 0.271 e. The van der Waals surface area contributed by atoms with Crippen LogP contribution in [0.15, 0.2) is 39.9 Å². The maximum absolute atomic E-state index is 13.8. The second-order valence-electron chi connectivity index (χ2n) is 3.74. The first-order valence-corrected chi connectivity index (χ1v) is 7.94. The van der Waals surface area contributed by atoms with Crippen LogP contribution in [0.1, 0.15) is 5.56 Å². The summed E-state index contributed by atoms with van der Waals surface area (Å²) in [5, 5.41) is 1.64. The Balaban J connectivity index is 2.27. The van der Waals surface area contributed by atoms with Crippen LogP contribution in [-0.4, -0.2) is 15.0 Å². The second kappa shape index (κ2) is 6.05. The number of hydrogen-bond donors (Lipinski definition) is 2. The number of rotatable bonds is 3. The molecule has 1 aromatic carbocycles. The molecule has 0 unspecified atom stereocenters. The van der Waals surface area contributed by atoms with Crippen LogP contribution >= 0.6 is 11.3 Å². The molecule has 0 radical (unpaired) electrons. The maximum Gasteiger partial charge on any atom is 0.271 e. The molecule has 0 aliphatic carbocycles. The van der Waals surface area contributed by atoms with Crippen molar-refractivity contribution in [3.8, 4) is 11.8 Å². The fourth-order valence-electron chi connectivity index (χ4n) is 1.44. The summed E-state index contributed by atoms with van der Waals surface area (Å²) in [4.78, 5) is 0. The summed E-state index contributed by atoms with van der Waals surface area (Å²) in [5.41, 5.74) is 5.55. The highest BCUT2D eigenvalue weighted by atomic mass is 32.2. The molecule has 1 aromatic heterocycles. The first-order valence-electron chi connectivity index (χ1n) is 5.58. The number of benzene rings is 1. The van der Waals surface area contributed by atoms with E-state index in [-0.39, 0.29) is 16.4 Å². The Labute approximate surface area is 120 Å². The topological polar surface area (TPSA) is 72.2 Å². The second-order valence-corrected chi connectivity index (χ2v) is 6.60. The standard InChI is InChI=1S/C13H11FN2O2S2/c14-11-9-10(3-1-7-15)5-6-12(11)16-20(17,18)13-4-2-8-19-13/h2,4-6,8-9,16H,7,15H2. The van der Waals surface area contributed by atoms with Crippen LogP contribution in [0, 0.1) is 17.7 Å². The number of halogens is 1. The molecular weight excluding hydrogens is 299 g/mol. The number of sulfonamides is 1. The van der Waals surface area contributed by atoms with Crippen LogP contribution in [-0.2, 0) is 10.0 Å². The fourth-order valence-corrected chi connectivity index (χ4v) is 3.50. The third-order valence-electron chi connectivity index (χ3n) is 2.31. The molecule has 0 aliphatic heterocycles. The highest BCUT2D eigenvalue weighted by molar-refractivity contribution is 7.94. The van der Waals surface area contributed by atoms with E-state index in [2.05, 4.69) is 16.6 Å². The SMILES string of the molecule is NCC#Cc1ccc(NS(=O)(=O)c2cccs2)c(F)c1. The molecule has 0 bridgehead atoms. The molecule has 0 saturated heterocycles. The quantitative estimate of drug-likeness (QED) is 0.852. The van der Waals surface area contributed by atoms with Crippen molar-refractivity contribution in [1.82, 2.24) is 0 Å². The summed E-state index contributed by atoms with van der Waals surface area (Å²) in [5.74, 6) is 4.58. The first kappa shape index (κ1) is 14.5. The summed E-state index contributed by atoms with van der Waals surface area (Å²) in [7, 11) is -3.75. The van der Waals surface area contributed by atoms with E-state index in [9.17, 15) is 12.8 Å². The van der Waals surface area contributed by atoms with Crippen molar-refractivity contribution in [2.75, 3.05) is 11.3 Å². The summed E-state index contributed by atoms with van der Waals surface area (Å²) in [6, 6.07) is 7.08. The van der Waals surface area contributed by atoms with Crippen molar-refractivity contribution in [3.63, 3.8) is 0 Å². The van der Waals surface area contributed by atoms with E-state index in [0.29, 0.717) is 5.56 Å². The molecule has 3 N–H and O–H groups in total. The van der Waals surface area contributed by atoms with Gasteiger partial charge in [0.05, 0.1) is 12.2 Å². The highest BCUT2D eigenvalue weighted by Crippen LogP contribution is 2.22. The summed E-state index contributed by atoms with van der Waals surface area (Å²) >= 11 is 1.06. The number of nitrogens with two attached hydrogens (primary N) is 1. The molecule has 2 aromatic rings. The van der Waals surface area contributed by atoms with Crippen LogP contribution in [0.4, 0.5) is 10.1 Å². The van der Waals surface area contributed by atoms with Crippen LogP contribution in [0.2, 0.25) is 0 Å². The van der Waals surface area contributed by atoms with Gasteiger partial charge in [0.25, 0.3) is 10.0 Å². The Kier molecular flexibility index (Phi) is 4.39. The van der Waals surface area contributed by atoms with Gasteiger partial charge in [-0.1, -0.05) is 17.9 Å². The number of hydrogen-bond acceptors (Lipinski definition) is 4. The van der Waals surface area contributed by atoms with Gasteiger partial charge in [0.2, 0.25) is 0 Å². The zero-order valence-electron chi connectivity index (χ0n) is 10.3. The average molecular weight is 310 g/mol. The monoisotopic (exact) mass is 310 g/mol. The van der Waals surface area contributed by atoms with Crippen molar-refractivity contribution < 1.29 is 12.8 Å². The molecule has 104 valence electrons. The maximum atomic E-state index is 13.8. The van der Waals surface area contributed by atoms with Crippen molar-refractivity contribution >= 4 is 27.0 Å². The van der Waals surface area contributed by atoms with E-state index in [0.717, 1.165) is 17.4 Å². The van der Waals surface area contributed by atoms with Crippen LogP contribution in [0.5, 0.6) is 0 Å². The molecule has 0 saturated carbocycles.